The van der Waals surface area contributed by atoms with Crippen LogP contribution in [0, 0.1) is 0 Å². The van der Waals surface area contributed by atoms with E-state index in [9.17, 15) is 0 Å². The first kappa shape index (κ1) is 18.4. The van der Waals surface area contributed by atoms with Gasteiger partial charge in [-0.3, -0.25) is 0 Å². The zero-order valence-corrected chi connectivity index (χ0v) is 18.2. The van der Waals surface area contributed by atoms with E-state index in [0.717, 1.165) is 43.8 Å². The fourth-order valence-corrected chi connectivity index (χ4v) is 10.2. The van der Waals surface area contributed by atoms with Crippen LogP contribution in [-0.2, 0) is 4.57 Å². The molecule has 150 valence electrons. The molecule has 0 amide bonds. The molecule has 0 bridgehead atoms. The lowest BCUT2D eigenvalue weighted by Gasteiger charge is -2.37. The van der Waals surface area contributed by atoms with Crippen LogP contribution >= 0.6 is 7.14 Å². The van der Waals surface area contributed by atoms with Gasteiger partial charge in [0, 0.05) is 16.6 Å². The molecular weight excluding hydrogens is 383 g/mol. The molecular formula is C28H27OP. The Kier molecular flexibility index (Phi) is 4.36. The normalized spacial score (nSPS) is 24.0. The van der Waals surface area contributed by atoms with Crippen molar-refractivity contribution in [3.8, 4) is 0 Å². The Morgan fingerprint density at radius 2 is 1.20 bits per heavy atom. The van der Waals surface area contributed by atoms with Crippen LogP contribution in [0.1, 0.15) is 38.5 Å². The van der Waals surface area contributed by atoms with Gasteiger partial charge in [0.25, 0.3) is 0 Å². The Bertz CT molecular complexity index is 1300. The number of benzene rings is 4. The molecule has 0 saturated heterocycles. The van der Waals surface area contributed by atoms with E-state index in [1.807, 2.05) is 0 Å². The van der Waals surface area contributed by atoms with Crippen molar-refractivity contribution in [2.24, 2.45) is 0 Å². The molecule has 1 nitrogen and oxygen atoms in total. The molecule has 2 atom stereocenters. The summed E-state index contributed by atoms with van der Waals surface area (Å²) < 4.78 is 15.2. The summed E-state index contributed by atoms with van der Waals surface area (Å²) in [4.78, 5) is 0. The van der Waals surface area contributed by atoms with Crippen LogP contribution in [0.15, 0.2) is 78.9 Å². The second-order valence-corrected chi connectivity index (χ2v) is 12.4. The molecule has 4 aromatic carbocycles. The summed E-state index contributed by atoms with van der Waals surface area (Å²) in [5, 5.41) is 8.82. The second kappa shape index (κ2) is 7.10. The van der Waals surface area contributed by atoms with E-state index in [4.69, 9.17) is 0 Å². The minimum absolute atomic E-state index is 0.275. The van der Waals surface area contributed by atoms with Gasteiger partial charge in [0.15, 0.2) is 0 Å². The molecule has 0 fully saturated rings. The van der Waals surface area contributed by atoms with Crippen LogP contribution in [0.25, 0.3) is 32.3 Å². The standard InChI is InChI=1S/C28H27OP/c29-30(23-10-3-1-4-11-23,24-12-5-2-6-13-24)26-19-17-22-15-14-20-8-7-9-21-16-18-25(26)28(22)27(20)21/h1-3,5,7-9,14-19,23-24H,4,6,10-13H2. The molecule has 30 heavy (non-hydrogen) atoms. The van der Waals surface area contributed by atoms with Gasteiger partial charge in [-0.05, 0) is 70.8 Å². The summed E-state index contributed by atoms with van der Waals surface area (Å²) in [7, 11) is -2.58. The Balaban J connectivity index is 1.66. The van der Waals surface area contributed by atoms with Crippen molar-refractivity contribution in [1.29, 1.82) is 0 Å². The van der Waals surface area contributed by atoms with Gasteiger partial charge in [0.2, 0.25) is 0 Å². The highest BCUT2D eigenvalue weighted by molar-refractivity contribution is 7.73. The molecule has 2 heteroatoms. The third-order valence-electron chi connectivity index (χ3n) is 7.45. The molecule has 2 aliphatic carbocycles. The third-order valence-corrected chi connectivity index (χ3v) is 11.7. The maximum absolute atomic E-state index is 15.2. The van der Waals surface area contributed by atoms with Gasteiger partial charge in [-0.2, -0.15) is 0 Å². The quantitative estimate of drug-likeness (QED) is 0.191. The Morgan fingerprint density at radius 3 is 1.80 bits per heavy atom. The molecule has 0 N–H and O–H groups in total. The van der Waals surface area contributed by atoms with Crippen LogP contribution in [0.5, 0.6) is 0 Å². The number of hydrogen-bond acceptors (Lipinski definition) is 1. The van der Waals surface area contributed by atoms with Crippen LogP contribution in [0.4, 0.5) is 0 Å². The van der Waals surface area contributed by atoms with Gasteiger partial charge in [-0.15, -0.1) is 0 Å². The molecule has 2 aliphatic rings. The van der Waals surface area contributed by atoms with Gasteiger partial charge in [0.1, 0.15) is 7.14 Å². The Hall–Kier alpha value is -2.37. The summed E-state index contributed by atoms with van der Waals surface area (Å²) in [5.41, 5.74) is 0.551. The van der Waals surface area contributed by atoms with Crippen molar-refractivity contribution < 1.29 is 4.57 Å². The van der Waals surface area contributed by atoms with Gasteiger partial charge >= 0.3 is 0 Å². The summed E-state index contributed by atoms with van der Waals surface area (Å²) >= 11 is 0. The lowest BCUT2D eigenvalue weighted by atomic mass is 9.94. The first-order valence-corrected chi connectivity index (χ1v) is 13.2. The predicted octanol–water partition coefficient (Wildman–Crippen LogP) is 7.79. The number of hydrogen-bond donors (Lipinski definition) is 0. The van der Waals surface area contributed by atoms with Crippen molar-refractivity contribution in [2.75, 3.05) is 0 Å². The van der Waals surface area contributed by atoms with Crippen molar-refractivity contribution >= 4 is 44.8 Å². The lowest BCUT2D eigenvalue weighted by molar-refractivity contribution is 0.542. The predicted molar refractivity (Wildman–Crippen MR) is 131 cm³/mol. The maximum Gasteiger partial charge on any atom is 0.122 e. The largest absolute Gasteiger partial charge is 0.318 e. The van der Waals surface area contributed by atoms with Gasteiger partial charge in [0.05, 0.1) is 0 Å². The minimum Gasteiger partial charge on any atom is -0.318 e. The molecule has 0 heterocycles. The van der Waals surface area contributed by atoms with E-state index >= 15 is 4.57 Å². The van der Waals surface area contributed by atoms with Crippen molar-refractivity contribution in [3.63, 3.8) is 0 Å². The summed E-state index contributed by atoms with van der Waals surface area (Å²) in [5.74, 6) is 0. The first-order valence-electron chi connectivity index (χ1n) is 11.3. The summed E-state index contributed by atoms with van der Waals surface area (Å²) in [6.45, 7) is 0. The Morgan fingerprint density at radius 1 is 0.633 bits per heavy atom. The molecule has 0 saturated carbocycles. The maximum atomic E-state index is 15.2. The highest BCUT2D eigenvalue weighted by atomic mass is 31.2. The molecule has 2 unspecified atom stereocenters. The average Bonchev–Trinajstić information content (AvgIpc) is 2.83. The molecule has 6 rings (SSSR count). The topological polar surface area (TPSA) is 17.1 Å². The Labute approximate surface area is 178 Å². The van der Waals surface area contributed by atoms with E-state index in [1.54, 1.807) is 0 Å². The van der Waals surface area contributed by atoms with E-state index < -0.39 is 7.14 Å². The number of allylic oxidation sites excluding steroid dienone is 4. The third kappa shape index (κ3) is 2.65. The monoisotopic (exact) mass is 410 g/mol. The zero-order chi connectivity index (χ0) is 20.1. The SMILES string of the molecule is O=P(c1ccc2ccc3cccc4ccc1c2c34)(C1CC=CCC1)C1CC=CCC1. The fraction of sp³-hybridized carbons (Fsp3) is 0.286. The van der Waals surface area contributed by atoms with Crippen molar-refractivity contribution in [1.82, 2.24) is 0 Å². The first-order chi connectivity index (χ1) is 14.8. The lowest BCUT2D eigenvalue weighted by Crippen LogP contribution is -2.28. The smallest absolute Gasteiger partial charge is 0.122 e. The highest BCUT2D eigenvalue weighted by Gasteiger charge is 2.42. The van der Waals surface area contributed by atoms with Crippen LogP contribution in [-0.4, -0.2) is 11.3 Å². The summed E-state index contributed by atoms with van der Waals surface area (Å²) in [6, 6.07) is 19.9. The van der Waals surface area contributed by atoms with Gasteiger partial charge in [-0.25, -0.2) is 0 Å². The van der Waals surface area contributed by atoms with Gasteiger partial charge < -0.3 is 4.57 Å². The number of rotatable bonds is 3. The van der Waals surface area contributed by atoms with E-state index in [2.05, 4.69) is 78.9 Å². The van der Waals surface area contributed by atoms with Crippen LogP contribution in [0.2, 0.25) is 0 Å². The summed E-state index contributed by atoms with van der Waals surface area (Å²) in [6.07, 6.45) is 15.2. The van der Waals surface area contributed by atoms with Crippen LogP contribution < -0.4 is 5.30 Å². The molecule has 4 aromatic rings. The van der Waals surface area contributed by atoms with Crippen molar-refractivity contribution in [3.05, 3.63) is 78.9 Å². The fourth-order valence-electron chi connectivity index (χ4n) is 5.97. The second-order valence-electron chi connectivity index (χ2n) is 9.03. The van der Waals surface area contributed by atoms with Crippen LogP contribution in [0.3, 0.4) is 0 Å². The molecule has 0 spiro atoms. The molecule has 0 aromatic heterocycles. The van der Waals surface area contributed by atoms with E-state index in [0.29, 0.717) is 0 Å². The minimum atomic E-state index is -2.58. The molecule has 0 radical (unpaired) electrons. The van der Waals surface area contributed by atoms with Crippen molar-refractivity contribution in [2.45, 2.75) is 49.8 Å². The molecule has 0 aliphatic heterocycles. The average molecular weight is 410 g/mol. The van der Waals surface area contributed by atoms with E-state index in [1.165, 1.54) is 32.3 Å². The highest BCUT2D eigenvalue weighted by Crippen LogP contribution is 2.61. The zero-order valence-electron chi connectivity index (χ0n) is 17.3. The van der Waals surface area contributed by atoms with Gasteiger partial charge in [-0.1, -0.05) is 78.9 Å². The van der Waals surface area contributed by atoms with E-state index in [-0.39, 0.29) is 11.3 Å².